The van der Waals surface area contributed by atoms with Gasteiger partial charge in [-0.15, -0.1) is 0 Å². The lowest BCUT2D eigenvalue weighted by Crippen LogP contribution is -2.32. The third kappa shape index (κ3) is 4.54. The van der Waals surface area contributed by atoms with Crippen LogP contribution in [-0.4, -0.2) is 35.1 Å². The highest BCUT2D eigenvalue weighted by Gasteiger charge is 2.20. The summed E-state index contributed by atoms with van der Waals surface area (Å²) in [5.41, 5.74) is 5.27. The summed E-state index contributed by atoms with van der Waals surface area (Å²) in [5.74, 6) is -0.885. The van der Waals surface area contributed by atoms with E-state index in [1.54, 1.807) is 7.05 Å². The lowest BCUT2D eigenvalue weighted by atomic mass is 10.1. The van der Waals surface area contributed by atoms with Crippen LogP contribution in [0.2, 0.25) is 0 Å². The van der Waals surface area contributed by atoms with Crippen molar-refractivity contribution in [3.05, 3.63) is 0 Å². The summed E-state index contributed by atoms with van der Waals surface area (Å²) in [5, 5.41) is 8.69. The molecule has 1 atom stereocenters. The molecular formula is C7H15ClN2O2. The van der Waals surface area contributed by atoms with Crippen molar-refractivity contribution in [1.29, 1.82) is 0 Å². The van der Waals surface area contributed by atoms with Gasteiger partial charge in [0.1, 0.15) is 6.04 Å². The molecule has 0 unspecified atom stereocenters. The largest absolute Gasteiger partial charge is 0.480 e. The highest BCUT2D eigenvalue weighted by molar-refractivity contribution is 6.14. The molecule has 0 spiro atoms. The molecule has 0 fully saturated rings. The molecule has 3 N–H and O–H groups in total. The van der Waals surface area contributed by atoms with Crippen molar-refractivity contribution in [3.63, 3.8) is 0 Å². The fraction of sp³-hybridized carbons (Fsp3) is 0.857. The van der Waals surface area contributed by atoms with Gasteiger partial charge in [-0.05, 0) is 37.6 Å². The molecule has 0 bridgehead atoms. The highest BCUT2D eigenvalue weighted by Crippen LogP contribution is 2.08. The minimum absolute atomic E-state index is 0.548. The van der Waals surface area contributed by atoms with Crippen LogP contribution in [-0.2, 0) is 4.79 Å². The number of likely N-dealkylation sites (N-methyl/N-ethyl adjacent to an activating group) is 1. The zero-order valence-corrected chi connectivity index (χ0v) is 7.92. The van der Waals surface area contributed by atoms with E-state index in [9.17, 15) is 4.79 Å². The number of nitrogens with zero attached hydrogens (tertiary/aromatic N) is 1. The van der Waals surface area contributed by atoms with Crippen molar-refractivity contribution in [2.24, 2.45) is 5.73 Å². The number of hydrogen-bond acceptors (Lipinski definition) is 3. The molecule has 0 saturated carbocycles. The number of unbranched alkanes of at least 4 members (excludes halogenated alkanes) is 1. The summed E-state index contributed by atoms with van der Waals surface area (Å²) in [4.78, 5) is 10.6. The van der Waals surface area contributed by atoms with Crippen LogP contribution in [0.3, 0.4) is 0 Å². The topological polar surface area (TPSA) is 66.6 Å². The van der Waals surface area contributed by atoms with Crippen LogP contribution >= 0.6 is 11.8 Å². The van der Waals surface area contributed by atoms with Crippen LogP contribution in [0.1, 0.15) is 19.3 Å². The predicted octanol–water partition coefficient (Wildman–Crippen LogP) is 0.654. The number of carboxylic acids is 1. The number of hydrogen-bond donors (Lipinski definition) is 2. The molecule has 0 radical (unpaired) electrons. The van der Waals surface area contributed by atoms with Gasteiger partial charge in [0.05, 0.1) is 0 Å². The molecule has 0 amide bonds. The Morgan fingerprint density at radius 2 is 2.25 bits per heavy atom. The fourth-order valence-electron chi connectivity index (χ4n) is 0.936. The number of nitrogens with two attached hydrogens (primary N) is 1. The predicted molar refractivity (Wildman–Crippen MR) is 47.9 cm³/mol. The summed E-state index contributed by atoms with van der Waals surface area (Å²) in [7, 11) is 1.54. The number of carbonyl (C=O) groups is 1. The lowest BCUT2D eigenvalue weighted by molar-refractivity contribution is -0.141. The Bertz CT molecular complexity index is 141. The molecule has 12 heavy (non-hydrogen) atoms. The van der Waals surface area contributed by atoms with E-state index >= 15 is 0 Å². The second-order valence-corrected chi connectivity index (χ2v) is 3.20. The second-order valence-electron chi connectivity index (χ2n) is 2.66. The minimum atomic E-state index is -0.885. The van der Waals surface area contributed by atoms with E-state index in [2.05, 4.69) is 0 Å². The van der Waals surface area contributed by atoms with Crippen LogP contribution in [0.4, 0.5) is 0 Å². The molecule has 4 nitrogen and oxygen atoms in total. The first kappa shape index (κ1) is 11.7. The third-order valence-corrected chi connectivity index (χ3v) is 1.88. The summed E-state index contributed by atoms with van der Waals surface area (Å²) < 4.78 is 1.19. The van der Waals surface area contributed by atoms with Gasteiger partial charge in [0, 0.05) is 7.05 Å². The van der Waals surface area contributed by atoms with Crippen LogP contribution in [0.25, 0.3) is 0 Å². The molecule has 0 aliphatic carbocycles. The van der Waals surface area contributed by atoms with E-state index in [1.165, 1.54) is 4.42 Å². The van der Waals surface area contributed by atoms with Crippen molar-refractivity contribution in [2.75, 3.05) is 13.6 Å². The van der Waals surface area contributed by atoms with Gasteiger partial charge in [-0.3, -0.25) is 4.79 Å². The van der Waals surface area contributed by atoms with Crippen molar-refractivity contribution < 1.29 is 9.90 Å². The highest BCUT2D eigenvalue weighted by atomic mass is 35.5. The second kappa shape index (κ2) is 6.22. The molecular weight excluding hydrogens is 180 g/mol. The number of carboxylic acid groups (broad SMARTS) is 1. The minimum Gasteiger partial charge on any atom is -0.480 e. The lowest BCUT2D eigenvalue weighted by Gasteiger charge is -2.16. The van der Waals surface area contributed by atoms with Gasteiger partial charge in [0.2, 0.25) is 0 Å². The van der Waals surface area contributed by atoms with E-state index in [0.717, 1.165) is 12.8 Å². The van der Waals surface area contributed by atoms with Gasteiger partial charge in [0.25, 0.3) is 0 Å². The average molecular weight is 195 g/mol. The Labute approximate surface area is 77.4 Å². The average Bonchev–Trinajstić information content (AvgIpc) is 1.96. The van der Waals surface area contributed by atoms with E-state index < -0.39 is 12.0 Å². The zero-order chi connectivity index (χ0) is 9.56. The monoisotopic (exact) mass is 194 g/mol. The van der Waals surface area contributed by atoms with Gasteiger partial charge in [-0.2, -0.15) is 0 Å². The fourth-order valence-corrected chi connectivity index (χ4v) is 1.12. The number of halogens is 1. The van der Waals surface area contributed by atoms with E-state index in [4.69, 9.17) is 22.6 Å². The first-order valence-electron chi connectivity index (χ1n) is 3.91. The Balaban J connectivity index is 3.72. The molecule has 0 heterocycles. The number of aliphatic carboxylic acids is 1. The molecule has 0 saturated heterocycles. The standard InChI is InChI=1S/C7H15ClN2O2/c1-10(8)6(7(11)12)4-2-3-5-9/h6H,2-5,9H2,1H3,(H,11,12)/t6-/m0/s1. The molecule has 0 rings (SSSR count). The van der Waals surface area contributed by atoms with Crippen molar-refractivity contribution >= 4 is 17.7 Å². The van der Waals surface area contributed by atoms with Crippen molar-refractivity contribution in [3.8, 4) is 0 Å². The quantitative estimate of drug-likeness (QED) is 0.482. The molecule has 0 aromatic carbocycles. The van der Waals surface area contributed by atoms with Crippen molar-refractivity contribution in [2.45, 2.75) is 25.3 Å². The van der Waals surface area contributed by atoms with Crippen LogP contribution in [0, 0.1) is 0 Å². The zero-order valence-electron chi connectivity index (χ0n) is 7.16. The van der Waals surface area contributed by atoms with Gasteiger partial charge in [0.15, 0.2) is 0 Å². The maximum Gasteiger partial charge on any atom is 0.322 e. The van der Waals surface area contributed by atoms with E-state index in [-0.39, 0.29) is 0 Å². The normalized spacial score (nSPS) is 13.3. The Hall–Kier alpha value is -0.320. The van der Waals surface area contributed by atoms with Gasteiger partial charge >= 0.3 is 5.97 Å². The van der Waals surface area contributed by atoms with E-state index in [0.29, 0.717) is 13.0 Å². The third-order valence-electron chi connectivity index (χ3n) is 1.65. The first-order chi connectivity index (χ1) is 5.59. The maximum atomic E-state index is 10.6. The van der Waals surface area contributed by atoms with Crippen molar-refractivity contribution in [1.82, 2.24) is 4.42 Å². The molecule has 0 aromatic rings. The molecule has 72 valence electrons. The molecule has 0 aliphatic heterocycles. The maximum absolute atomic E-state index is 10.6. The van der Waals surface area contributed by atoms with Gasteiger partial charge < -0.3 is 10.8 Å². The number of rotatable bonds is 6. The van der Waals surface area contributed by atoms with Gasteiger partial charge in [-0.1, -0.05) is 0 Å². The SMILES string of the molecule is CN(Cl)[C@@H](CCCCN)C(=O)O. The van der Waals surface area contributed by atoms with Crippen LogP contribution < -0.4 is 5.73 Å². The molecule has 0 aromatic heterocycles. The Morgan fingerprint density at radius 1 is 1.67 bits per heavy atom. The van der Waals surface area contributed by atoms with Crippen LogP contribution in [0.5, 0.6) is 0 Å². The molecule has 0 aliphatic rings. The smallest absolute Gasteiger partial charge is 0.322 e. The summed E-state index contributed by atoms with van der Waals surface area (Å²) >= 11 is 5.54. The van der Waals surface area contributed by atoms with Crippen LogP contribution in [0.15, 0.2) is 0 Å². The summed E-state index contributed by atoms with van der Waals surface area (Å²) in [6.07, 6.45) is 2.19. The van der Waals surface area contributed by atoms with Gasteiger partial charge in [-0.25, -0.2) is 4.42 Å². The van der Waals surface area contributed by atoms with E-state index in [1.807, 2.05) is 0 Å². The summed E-state index contributed by atoms with van der Waals surface area (Å²) in [6, 6.07) is -0.599. The summed E-state index contributed by atoms with van der Waals surface area (Å²) in [6.45, 7) is 0.596. The molecule has 5 heteroatoms. The Kier molecular flexibility index (Phi) is 6.06. The first-order valence-corrected chi connectivity index (χ1v) is 4.25. The Morgan fingerprint density at radius 3 is 2.58 bits per heavy atom.